The summed E-state index contributed by atoms with van der Waals surface area (Å²) in [6, 6.07) is 9.50. The molecule has 6 rings (SSSR count). The Morgan fingerprint density at radius 3 is 2.59 bits per heavy atom. The molecule has 3 heterocycles. The zero-order valence-electron chi connectivity index (χ0n) is 21.2. The second kappa shape index (κ2) is 9.41. The van der Waals surface area contributed by atoms with Gasteiger partial charge in [0.05, 0.1) is 35.3 Å². The first-order valence-corrected chi connectivity index (χ1v) is 13.8. The number of aliphatic hydroxyl groups excluding tert-OH is 1. The van der Waals surface area contributed by atoms with Gasteiger partial charge in [-0.1, -0.05) is 30.5 Å². The lowest BCUT2D eigenvalue weighted by Gasteiger charge is -2.44. The van der Waals surface area contributed by atoms with Gasteiger partial charge >= 0.3 is 0 Å². The minimum atomic E-state index is -0.317. The Balaban J connectivity index is 1.37. The minimum Gasteiger partial charge on any atom is -0.393 e. The smallest absolute Gasteiger partial charge is 0.272 e. The van der Waals surface area contributed by atoms with Gasteiger partial charge in [0.1, 0.15) is 5.69 Å². The monoisotopic (exact) mass is 517 g/mol. The fourth-order valence-electron chi connectivity index (χ4n) is 6.96. The summed E-state index contributed by atoms with van der Waals surface area (Å²) in [6.45, 7) is 10.8. The number of hydrogen-bond donors (Lipinski definition) is 1. The fraction of sp³-hybridized carbons (Fsp3) is 0.517. The van der Waals surface area contributed by atoms with Crippen LogP contribution >= 0.6 is 11.6 Å². The van der Waals surface area contributed by atoms with Crippen LogP contribution in [0.25, 0.3) is 4.85 Å². The van der Waals surface area contributed by atoms with Gasteiger partial charge in [-0.2, -0.15) is 5.10 Å². The highest BCUT2D eigenvalue weighted by molar-refractivity contribution is 6.33. The maximum absolute atomic E-state index is 13.1. The number of benzene rings is 1. The van der Waals surface area contributed by atoms with E-state index in [4.69, 9.17) is 28.3 Å². The van der Waals surface area contributed by atoms with Crippen LogP contribution in [0.15, 0.2) is 35.4 Å². The number of piperidine rings is 1. The molecule has 0 bridgehead atoms. The number of likely N-dealkylation sites (tertiary alicyclic amines) is 1. The van der Waals surface area contributed by atoms with E-state index in [0.29, 0.717) is 48.3 Å². The van der Waals surface area contributed by atoms with Gasteiger partial charge in [-0.25, -0.2) is 9.83 Å². The van der Waals surface area contributed by atoms with E-state index >= 15 is 0 Å². The summed E-state index contributed by atoms with van der Waals surface area (Å²) in [5.41, 5.74) is 4.69. The van der Waals surface area contributed by atoms with Gasteiger partial charge in [-0.15, -0.1) is 0 Å². The Bertz CT molecular complexity index is 1310. The molecule has 1 aromatic heterocycles. The summed E-state index contributed by atoms with van der Waals surface area (Å²) in [6.07, 6.45) is 7.51. The van der Waals surface area contributed by atoms with E-state index < -0.39 is 0 Å². The van der Waals surface area contributed by atoms with Gasteiger partial charge in [-0.05, 0) is 75.6 Å². The van der Waals surface area contributed by atoms with Crippen LogP contribution in [0.2, 0.25) is 5.02 Å². The molecule has 2 atom stereocenters. The van der Waals surface area contributed by atoms with Crippen molar-refractivity contribution in [2.24, 2.45) is 16.9 Å². The van der Waals surface area contributed by atoms with Crippen molar-refractivity contribution in [3.63, 3.8) is 0 Å². The number of carbonyl (C=O) groups is 1. The van der Waals surface area contributed by atoms with Crippen LogP contribution in [0.4, 0.5) is 11.4 Å². The SMILES string of the molecule is [C-]#[N+]c1ccc(N2N=C3c4ccc(C(=O)N5CCC(O)CC5)nc4CCC3C2(C)C2CCCC2)cc1Cl. The summed E-state index contributed by atoms with van der Waals surface area (Å²) in [5.74, 6) is 0.717. The molecule has 2 aliphatic carbocycles. The average molecular weight is 518 g/mol. The number of nitrogens with zero attached hydrogens (tertiary/aromatic N) is 5. The van der Waals surface area contributed by atoms with E-state index in [1.807, 2.05) is 24.3 Å². The van der Waals surface area contributed by atoms with E-state index in [1.165, 1.54) is 25.7 Å². The molecule has 4 aliphatic rings. The van der Waals surface area contributed by atoms with Crippen LogP contribution in [0.1, 0.15) is 73.6 Å². The zero-order chi connectivity index (χ0) is 25.7. The van der Waals surface area contributed by atoms with Crippen LogP contribution in [0, 0.1) is 18.4 Å². The van der Waals surface area contributed by atoms with Crippen molar-refractivity contribution in [3.8, 4) is 0 Å². The lowest BCUT2D eigenvalue weighted by molar-refractivity contribution is 0.0541. The second-order valence-electron chi connectivity index (χ2n) is 11.1. The third-order valence-corrected chi connectivity index (χ3v) is 9.37. The summed E-state index contributed by atoms with van der Waals surface area (Å²) < 4.78 is 0. The highest BCUT2D eigenvalue weighted by atomic mass is 35.5. The van der Waals surface area contributed by atoms with Crippen molar-refractivity contribution in [2.75, 3.05) is 18.1 Å². The van der Waals surface area contributed by atoms with Crippen molar-refractivity contribution in [1.29, 1.82) is 0 Å². The molecule has 2 aliphatic heterocycles. The third kappa shape index (κ3) is 4.02. The number of pyridine rings is 1. The number of hydrogen-bond acceptors (Lipinski definition) is 5. The number of fused-ring (bicyclic) bond motifs is 3. The third-order valence-electron chi connectivity index (χ3n) is 9.07. The van der Waals surface area contributed by atoms with Gasteiger partial charge in [0, 0.05) is 29.6 Å². The van der Waals surface area contributed by atoms with E-state index in [2.05, 4.69) is 16.8 Å². The first-order chi connectivity index (χ1) is 17.9. The molecular formula is C29H32ClN5O2. The summed E-state index contributed by atoms with van der Waals surface area (Å²) >= 11 is 6.47. The number of carbonyl (C=O) groups excluding carboxylic acids is 1. The molecule has 2 fully saturated rings. The first kappa shape index (κ1) is 24.4. The Morgan fingerprint density at radius 2 is 1.89 bits per heavy atom. The van der Waals surface area contributed by atoms with Crippen LogP contribution < -0.4 is 5.01 Å². The van der Waals surface area contributed by atoms with Crippen molar-refractivity contribution in [1.82, 2.24) is 9.88 Å². The van der Waals surface area contributed by atoms with E-state index in [1.54, 1.807) is 11.0 Å². The molecule has 7 nitrogen and oxygen atoms in total. The molecule has 1 N–H and O–H groups in total. The lowest BCUT2D eigenvalue weighted by atomic mass is 9.67. The van der Waals surface area contributed by atoms with Gasteiger partial charge < -0.3 is 10.0 Å². The highest BCUT2D eigenvalue weighted by Crippen LogP contribution is 2.52. The maximum atomic E-state index is 13.1. The van der Waals surface area contributed by atoms with Crippen LogP contribution in [0.5, 0.6) is 0 Å². The Hall–Kier alpha value is -2.95. The first-order valence-electron chi connectivity index (χ1n) is 13.4. The topological polar surface area (TPSA) is 73.4 Å². The molecule has 1 aromatic carbocycles. The molecule has 2 unspecified atom stereocenters. The largest absolute Gasteiger partial charge is 0.393 e. The second-order valence-corrected chi connectivity index (χ2v) is 11.5. The standard InChI is InChI=1S/C29H32ClN5O2/c1-29(18-5-3-4-6-18)22-9-12-24-21(8-11-26(32-24)28(37)34-15-13-20(36)14-16-34)27(22)33-35(29)19-7-10-25(31-2)23(30)17-19/h7-8,10-11,17-18,20,22,36H,3-6,9,12-16H2,1H3. The maximum Gasteiger partial charge on any atom is 0.272 e. The number of aliphatic hydroxyl groups is 1. The number of aryl methyl sites for hydroxylation is 1. The lowest BCUT2D eigenvalue weighted by Crippen LogP contribution is -2.52. The number of halogens is 1. The van der Waals surface area contributed by atoms with E-state index in [-0.39, 0.29) is 23.5 Å². The fourth-order valence-corrected chi connectivity index (χ4v) is 7.18. The van der Waals surface area contributed by atoms with E-state index in [9.17, 15) is 9.90 Å². The van der Waals surface area contributed by atoms with Crippen LogP contribution in [-0.2, 0) is 6.42 Å². The van der Waals surface area contributed by atoms with Crippen LogP contribution in [-0.4, -0.2) is 51.3 Å². The Kier molecular flexibility index (Phi) is 6.21. The summed E-state index contributed by atoms with van der Waals surface area (Å²) in [7, 11) is 0. The molecule has 2 aromatic rings. The molecule has 1 amide bonds. The molecule has 1 saturated carbocycles. The van der Waals surface area contributed by atoms with Gasteiger partial charge in [0.15, 0.2) is 0 Å². The normalized spacial score (nSPS) is 26.0. The Morgan fingerprint density at radius 1 is 1.14 bits per heavy atom. The average Bonchev–Trinajstić information content (AvgIpc) is 3.56. The molecule has 8 heteroatoms. The van der Waals surface area contributed by atoms with Crippen molar-refractivity contribution >= 4 is 34.6 Å². The summed E-state index contributed by atoms with van der Waals surface area (Å²) in [5, 5.41) is 17.7. The molecule has 0 radical (unpaired) electrons. The molecule has 1 saturated heterocycles. The number of rotatable bonds is 3. The van der Waals surface area contributed by atoms with Crippen molar-refractivity contribution in [3.05, 3.63) is 63.7 Å². The predicted molar refractivity (Wildman–Crippen MR) is 144 cm³/mol. The number of hydrazone groups is 1. The zero-order valence-corrected chi connectivity index (χ0v) is 21.9. The van der Waals surface area contributed by atoms with Crippen LogP contribution in [0.3, 0.4) is 0 Å². The molecular weight excluding hydrogens is 486 g/mol. The molecule has 37 heavy (non-hydrogen) atoms. The Labute approximate surface area is 223 Å². The van der Waals surface area contributed by atoms with Gasteiger partial charge in [-0.3, -0.25) is 9.80 Å². The predicted octanol–water partition coefficient (Wildman–Crippen LogP) is 5.62. The number of aromatic nitrogens is 1. The van der Waals surface area contributed by atoms with Gasteiger partial charge in [0.2, 0.25) is 5.69 Å². The van der Waals surface area contributed by atoms with Crippen molar-refractivity contribution in [2.45, 2.75) is 69.9 Å². The molecule has 192 valence electrons. The quantitative estimate of drug-likeness (QED) is 0.536. The van der Waals surface area contributed by atoms with E-state index in [0.717, 1.165) is 35.5 Å². The molecule has 0 spiro atoms. The minimum absolute atomic E-state index is 0.0582. The van der Waals surface area contributed by atoms with Gasteiger partial charge in [0.25, 0.3) is 5.91 Å². The number of anilines is 1. The van der Waals surface area contributed by atoms with Crippen molar-refractivity contribution < 1.29 is 9.90 Å². The highest BCUT2D eigenvalue weighted by Gasteiger charge is 2.54. The summed E-state index contributed by atoms with van der Waals surface area (Å²) in [4.78, 5) is 23.3. The number of amides is 1.